The summed E-state index contributed by atoms with van der Waals surface area (Å²) in [5, 5.41) is 23.4. The Morgan fingerprint density at radius 3 is 2.50 bits per heavy atom. The molecule has 222 valence electrons. The van der Waals surface area contributed by atoms with Crippen molar-refractivity contribution in [2.75, 3.05) is 57.4 Å². The lowest BCUT2D eigenvalue weighted by molar-refractivity contribution is -0.135. The Morgan fingerprint density at radius 1 is 0.976 bits per heavy atom. The molecular formula is C34H41FN4O3. The van der Waals surface area contributed by atoms with Crippen LogP contribution < -0.4 is 4.90 Å². The van der Waals surface area contributed by atoms with Crippen LogP contribution in [0.1, 0.15) is 42.9 Å². The smallest absolute Gasteiger partial charge is 0.250 e. The van der Waals surface area contributed by atoms with E-state index >= 15 is 0 Å². The van der Waals surface area contributed by atoms with Crippen molar-refractivity contribution in [1.29, 1.82) is 0 Å². The third-order valence-electron chi connectivity index (χ3n) is 10.3. The normalized spacial score (nSPS) is 25.2. The molecule has 2 N–H and O–H groups in total. The number of nitrogens with zero attached hydrogens (tertiary/aromatic N) is 4. The minimum atomic E-state index is -0.710. The van der Waals surface area contributed by atoms with Crippen LogP contribution in [0.2, 0.25) is 0 Å². The van der Waals surface area contributed by atoms with Gasteiger partial charge in [0.2, 0.25) is 5.91 Å². The summed E-state index contributed by atoms with van der Waals surface area (Å²) in [6, 6.07) is 19.9. The molecule has 1 amide bonds. The highest BCUT2D eigenvalue weighted by atomic mass is 19.1. The van der Waals surface area contributed by atoms with Gasteiger partial charge >= 0.3 is 0 Å². The van der Waals surface area contributed by atoms with Crippen molar-refractivity contribution < 1.29 is 19.4 Å². The zero-order valence-corrected chi connectivity index (χ0v) is 24.2. The average Bonchev–Trinajstić information content (AvgIpc) is 3.51. The number of carbonyl (C=O) groups is 1. The van der Waals surface area contributed by atoms with Crippen LogP contribution in [-0.2, 0) is 11.2 Å². The predicted molar refractivity (Wildman–Crippen MR) is 162 cm³/mol. The topological polar surface area (TPSA) is 70.5 Å². The number of piperidine rings is 2. The van der Waals surface area contributed by atoms with Crippen molar-refractivity contribution in [1.82, 2.24) is 14.7 Å². The van der Waals surface area contributed by atoms with Gasteiger partial charge in [-0.3, -0.25) is 9.69 Å². The molecule has 7 nitrogen and oxygen atoms in total. The van der Waals surface area contributed by atoms with E-state index in [9.17, 15) is 19.4 Å². The van der Waals surface area contributed by atoms with Gasteiger partial charge in [-0.1, -0.05) is 36.4 Å². The lowest BCUT2D eigenvalue weighted by Crippen LogP contribution is -2.57. The van der Waals surface area contributed by atoms with Crippen molar-refractivity contribution in [3.63, 3.8) is 0 Å². The highest BCUT2D eigenvalue weighted by Crippen LogP contribution is 2.45. The molecule has 3 atom stereocenters. The van der Waals surface area contributed by atoms with E-state index in [-0.39, 0.29) is 30.8 Å². The number of β-amino-alcohol motifs (C(OH)–C–C–N with tert-alkyl or cyclic N) is 1. The molecule has 3 saturated heterocycles. The summed E-state index contributed by atoms with van der Waals surface area (Å²) >= 11 is 0. The molecule has 3 aliphatic heterocycles. The van der Waals surface area contributed by atoms with Crippen LogP contribution in [0.15, 0.2) is 60.7 Å². The fraction of sp³-hybridized carbons (Fsp3) is 0.500. The van der Waals surface area contributed by atoms with Gasteiger partial charge in [-0.15, -0.1) is 0 Å². The summed E-state index contributed by atoms with van der Waals surface area (Å²) in [5.41, 5.74) is 2.92. The van der Waals surface area contributed by atoms with E-state index < -0.39 is 11.6 Å². The molecular weight excluding hydrogens is 531 g/mol. The van der Waals surface area contributed by atoms with Gasteiger partial charge in [-0.25, -0.2) is 4.39 Å². The summed E-state index contributed by atoms with van der Waals surface area (Å²) < 4.78 is 13.9. The molecule has 0 saturated carbocycles. The van der Waals surface area contributed by atoms with Gasteiger partial charge in [0.25, 0.3) is 0 Å². The molecule has 3 heterocycles. The van der Waals surface area contributed by atoms with E-state index in [1.165, 1.54) is 34.0 Å². The van der Waals surface area contributed by atoms with Crippen LogP contribution in [0.25, 0.3) is 10.8 Å². The van der Waals surface area contributed by atoms with Crippen LogP contribution in [0.4, 0.5) is 10.1 Å². The number of benzene rings is 3. The molecule has 1 spiro atoms. The molecule has 3 aromatic rings. The van der Waals surface area contributed by atoms with Crippen molar-refractivity contribution in [3.8, 4) is 0 Å². The Balaban J connectivity index is 1.09. The minimum absolute atomic E-state index is 0.0641. The van der Waals surface area contributed by atoms with E-state index in [1.54, 1.807) is 12.1 Å². The quantitative estimate of drug-likeness (QED) is 0.449. The van der Waals surface area contributed by atoms with E-state index in [0.717, 1.165) is 51.1 Å². The summed E-state index contributed by atoms with van der Waals surface area (Å²) in [5.74, 6) is 0.0220. The average molecular weight is 573 g/mol. The van der Waals surface area contributed by atoms with Crippen LogP contribution in [0, 0.1) is 11.7 Å². The Bertz CT molecular complexity index is 1440. The van der Waals surface area contributed by atoms with E-state index in [2.05, 4.69) is 51.1 Å². The number of carbonyl (C=O) groups excluding carboxylic acids is 1. The Labute approximate surface area is 247 Å². The van der Waals surface area contributed by atoms with E-state index in [0.29, 0.717) is 32.1 Å². The summed E-state index contributed by atoms with van der Waals surface area (Å²) in [4.78, 5) is 23.0. The van der Waals surface area contributed by atoms with E-state index in [1.807, 2.05) is 4.90 Å². The first-order valence-electron chi connectivity index (χ1n) is 15.5. The number of halogens is 1. The van der Waals surface area contributed by atoms with Crippen LogP contribution in [-0.4, -0.2) is 95.0 Å². The molecule has 0 radical (unpaired) electrons. The first-order chi connectivity index (χ1) is 20.4. The molecule has 0 bridgehead atoms. The van der Waals surface area contributed by atoms with Gasteiger partial charge in [0.1, 0.15) is 11.4 Å². The third-order valence-corrected chi connectivity index (χ3v) is 10.3. The second-order valence-corrected chi connectivity index (χ2v) is 12.8. The molecule has 1 aliphatic carbocycles. The fourth-order valence-corrected chi connectivity index (χ4v) is 8.18. The lowest BCUT2D eigenvalue weighted by atomic mass is 9.84. The van der Waals surface area contributed by atoms with Gasteiger partial charge in [0.05, 0.1) is 12.8 Å². The highest BCUT2D eigenvalue weighted by Gasteiger charge is 2.54. The zero-order valence-electron chi connectivity index (χ0n) is 24.2. The van der Waals surface area contributed by atoms with Gasteiger partial charge < -0.3 is 24.9 Å². The zero-order chi connectivity index (χ0) is 28.8. The number of rotatable bonds is 7. The van der Waals surface area contributed by atoms with Crippen LogP contribution >= 0.6 is 0 Å². The second kappa shape index (κ2) is 11.2. The van der Waals surface area contributed by atoms with Gasteiger partial charge in [0, 0.05) is 51.1 Å². The summed E-state index contributed by atoms with van der Waals surface area (Å²) in [6.45, 7) is 4.59. The van der Waals surface area contributed by atoms with Crippen molar-refractivity contribution in [3.05, 3.63) is 77.6 Å². The Hall–Kier alpha value is -3.04. The number of likely N-dealkylation sites (tertiary alicyclic amines) is 2. The van der Waals surface area contributed by atoms with Crippen molar-refractivity contribution in [2.45, 2.75) is 49.8 Å². The number of aliphatic hydroxyl groups excluding tert-OH is 2. The van der Waals surface area contributed by atoms with Gasteiger partial charge in [0.15, 0.2) is 0 Å². The predicted octanol–water partition coefficient (Wildman–Crippen LogP) is 3.78. The second-order valence-electron chi connectivity index (χ2n) is 12.8. The van der Waals surface area contributed by atoms with Crippen molar-refractivity contribution >= 4 is 22.4 Å². The van der Waals surface area contributed by atoms with Crippen LogP contribution in [0.5, 0.6) is 0 Å². The number of aliphatic hydroxyl groups is 2. The van der Waals surface area contributed by atoms with Crippen LogP contribution in [0.3, 0.4) is 0 Å². The first kappa shape index (κ1) is 27.8. The SMILES string of the molecule is O=C1N(C[C@@H](O)CN2CCCC(CO)C2)CN(c2ccc(F)cc2)C12CCN(C1Cc3cccc4cccc1c34)CC2. The van der Waals surface area contributed by atoms with Gasteiger partial charge in [-0.05, 0) is 90.7 Å². The maximum atomic E-state index is 14.3. The fourth-order valence-electron chi connectivity index (χ4n) is 8.18. The summed E-state index contributed by atoms with van der Waals surface area (Å²) in [6.07, 6.45) is 3.72. The molecule has 3 fully saturated rings. The number of hydrogen-bond donors (Lipinski definition) is 2. The number of hydrogen-bond acceptors (Lipinski definition) is 6. The molecule has 3 aromatic carbocycles. The number of amides is 1. The Morgan fingerprint density at radius 2 is 1.74 bits per heavy atom. The molecule has 0 aromatic heterocycles. The highest BCUT2D eigenvalue weighted by molar-refractivity contribution is 5.94. The standard InChI is InChI=1S/C34H41FN4O3/c35-27-9-11-28(12-10-27)39-23-38(21-29(41)20-36-15-3-4-24(19-36)22-40)33(42)34(39)13-16-37(17-14-34)31-18-26-7-1-5-25-6-2-8-30(31)32(25)26/h1-2,5-12,24,29,31,40-41H,3-4,13-23H2/t24?,29-,31?/m0/s1. The monoisotopic (exact) mass is 572 g/mol. The first-order valence-corrected chi connectivity index (χ1v) is 15.5. The maximum Gasteiger partial charge on any atom is 0.250 e. The lowest BCUT2D eigenvalue weighted by Gasteiger charge is -2.45. The third kappa shape index (κ3) is 4.88. The summed E-state index contributed by atoms with van der Waals surface area (Å²) in [7, 11) is 0. The van der Waals surface area contributed by atoms with Crippen molar-refractivity contribution in [2.24, 2.45) is 5.92 Å². The molecule has 4 aliphatic rings. The largest absolute Gasteiger partial charge is 0.396 e. The molecule has 7 rings (SSSR count). The maximum absolute atomic E-state index is 14.3. The molecule has 42 heavy (non-hydrogen) atoms. The minimum Gasteiger partial charge on any atom is -0.396 e. The number of anilines is 1. The molecule has 8 heteroatoms. The van der Waals surface area contributed by atoms with E-state index in [4.69, 9.17) is 0 Å². The Kier molecular flexibility index (Phi) is 7.42. The van der Waals surface area contributed by atoms with Gasteiger partial charge in [-0.2, -0.15) is 0 Å². The molecule has 2 unspecified atom stereocenters.